The minimum atomic E-state index is 0.0240. The number of carbonyl (C=O) groups excluding carboxylic acids is 1. The Morgan fingerprint density at radius 2 is 2.23 bits per heavy atom. The maximum absolute atomic E-state index is 12.6. The highest BCUT2D eigenvalue weighted by atomic mass is 16.5. The zero-order valence-corrected chi connectivity index (χ0v) is 12.8. The monoisotopic (exact) mass is 299 g/mol. The van der Waals surface area contributed by atoms with E-state index in [4.69, 9.17) is 4.74 Å². The molecule has 0 bridgehead atoms. The molecule has 116 valence electrons. The number of carbonyl (C=O) groups is 1. The Hall–Kier alpha value is -2.30. The molecule has 1 atom stereocenters. The number of H-pyrrole nitrogens is 1. The topological polar surface area (TPSA) is 58.2 Å². The van der Waals surface area contributed by atoms with Crippen LogP contribution in [0.2, 0.25) is 0 Å². The lowest BCUT2D eigenvalue weighted by molar-refractivity contribution is -0.136. The van der Waals surface area contributed by atoms with Crippen molar-refractivity contribution in [3.63, 3.8) is 0 Å². The number of rotatable bonds is 5. The maximum Gasteiger partial charge on any atom is 0.261 e. The van der Waals surface area contributed by atoms with Gasteiger partial charge in [-0.25, -0.2) is 4.98 Å². The molecular formula is C17H21N3O2. The number of aromatic nitrogens is 2. The van der Waals surface area contributed by atoms with E-state index in [1.54, 1.807) is 6.33 Å². The van der Waals surface area contributed by atoms with Crippen LogP contribution >= 0.6 is 0 Å². The van der Waals surface area contributed by atoms with Gasteiger partial charge in [-0.3, -0.25) is 4.79 Å². The van der Waals surface area contributed by atoms with Gasteiger partial charge in [0.25, 0.3) is 5.91 Å². The van der Waals surface area contributed by atoms with Crippen molar-refractivity contribution in [3.8, 4) is 5.75 Å². The van der Waals surface area contributed by atoms with Gasteiger partial charge in [0, 0.05) is 18.7 Å². The highest BCUT2D eigenvalue weighted by molar-refractivity contribution is 5.78. The number of amides is 1. The van der Waals surface area contributed by atoms with Crippen molar-refractivity contribution in [1.29, 1.82) is 0 Å². The zero-order valence-electron chi connectivity index (χ0n) is 12.8. The molecule has 22 heavy (non-hydrogen) atoms. The zero-order chi connectivity index (χ0) is 15.4. The smallest absolute Gasteiger partial charge is 0.261 e. The first-order valence-electron chi connectivity index (χ1n) is 7.79. The number of hydrogen-bond acceptors (Lipinski definition) is 3. The Bertz CT molecular complexity index is 624. The molecule has 0 saturated carbocycles. The Kier molecular flexibility index (Phi) is 4.42. The molecule has 0 spiro atoms. The van der Waals surface area contributed by atoms with Crippen LogP contribution in [0.15, 0.2) is 36.7 Å². The molecule has 5 heteroatoms. The molecule has 3 rings (SSSR count). The Morgan fingerprint density at radius 1 is 1.41 bits per heavy atom. The first kappa shape index (κ1) is 14.6. The lowest BCUT2D eigenvalue weighted by atomic mass is 9.99. The van der Waals surface area contributed by atoms with E-state index in [2.05, 4.69) is 16.9 Å². The van der Waals surface area contributed by atoms with Gasteiger partial charge in [-0.15, -0.1) is 0 Å². The van der Waals surface area contributed by atoms with Crippen molar-refractivity contribution in [2.45, 2.75) is 32.2 Å². The fourth-order valence-electron chi connectivity index (χ4n) is 2.96. The van der Waals surface area contributed by atoms with Gasteiger partial charge >= 0.3 is 0 Å². The van der Waals surface area contributed by atoms with Crippen LogP contribution in [0.25, 0.3) is 0 Å². The van der Waals surface area contributed by atoms with Gasteiger partial charge in [-0.2, -0.15) is 0 Å². The third-order valence-electron chi connectivity index (χ3n) is 4.03. The van der Waals surface area contributed by atoms with Gasteiger partial charge in [0.05, 0.1) is 18.1 Å². The average Bonchev–Trinajstić information content (AvgIpc) is 3.03. The summed E-state index contributed by atoms with van der Waals surface area (Å²) in [5, 5.41) is 0. The van der Waals surface area contributed by atoms with E-state index >= 15 is 0 Å². The molecule has 1 amide bonds. The largest absolute Gasteiger partial charge is 0.484 e. The Balaban J connectivity index is 1.69. The fraction of sp³-hybridized carbons (Fsp3) is 0.412. The molecule has 5 nitrogen and oxygen atoms in total. The summed E-state index contributed by atoms with van der Waals surface area (Å²) in [7, 11) is 0. The van der Waals surface area contributed by atoms with Crippen LogP contribution in [-0.4, -0.2) is 33.9 Å². The van der Waals surface area contributed by atoms with Gasteiger partial charge < -0.3 is 14.6 Å². The number of nitrogens with one attached hydrogen (secondary N) is 1. The van der Waals surface area contributed by atoms with Gasteiger partial charge in [0.2, 0.25) is 0 Å². The number of imidazole rings is 1. The van der Waals surface area contributed by atoms with Gasteiger partial charge in [-0.1, -0.05) is 31.5 Å². The van der Waals surface area contributed by atoms with Crippen LogP contribution in [0.3, 0.4) is 0 Å². The SMILES string of the molecule is CCCC1c2nc[nH]c2CCN1C(=O)COc1ccccc1. The second-order valence-corrected chi connectivity index (χ2v) is 5.51. The molecule has 1 aliphatic rings. The van der Waals surface area contributed by atoms with E-state index in [-0.39, 0.29) is 18.6 Å². The molecule has 2 aromatic rings. The van der Waals surface area contributed by atoms with E-state index in [0.29, 0.717) is 0 Å². The molecule has 1 aromatic carbocycles. The molecule has 0 fully saturated rings. The van der Waals surface area contributed by atoms with E-state index in [0.717, 1.165) is 42.9 Å². The van der Waals surface area contributed by atoms with Crippen molar-refractivity contribution in [2.75, 3.05) is 13.2 Å². The quantitative estimate of drug-likeness (QED) is 0.923. The summed E-state index contributed by atoms with van der Waals surface area (Å²) in [6, 6.07) is 9.51. The van der Waals surface area contributed by atoms with Crippen LogP contribution in [0, 0.1) is 0 Å². The predicted molar refractivity (Wildman–Crippen MR) is 83.6 cm³/mol. The maximum atomic E-state index is 12.6. The third kappa shape index (κ3) is 2.98. The summed E-state index contributed by atoms with van der Waals surface area (Å²) in [6.07, 6.45) is 4.49. The van der Waals surface area contributed by atoms with E-state index in [1.807, 2.05) is 35.2 Å². The highest BCUT2D eigenvalue weighted by Gasteiger charge is 2.32. The number of hydrogen-bond donors (Lipinski definition) is 1. The van der Waals surface area contributed by atoms with Gasteiger partial charge in [-0.05, 0) is 18.6 Å². The second kappa shape index (κ2) is 6.64. The Labute approximate surface area is 130 Å². The summed E-state index contributed by atoms with van der Waals surface area (Å²) < 4.78 is 5.60. The minimum Gasteiger partial charge on any atom is -0.484 e. The van der Waals surface area contributed by atoms with Gasteiger partial charge in [0.1, 0.15) is 5.75 Å². The molecule has 1 aliphatic heterocycles. The number of para-hydroxylation sites is 1. The van der Waals surface area contributed by atoms with Gasteiger partial charge in [0.15, 0.2) is 6.61 Å². The van der Waals surface area contributed by atoms with E-state index in [1.165, 1.54) is 0 Å². The summed E-state index contributed by atoms with van der Waals surface area (Å²) >= 11 is 0. The molecule has 2 heterocycles. The predicted octanol–water partition coefficient (Wildman–Crippen LogP) is 2.71. The van der Waals surface area contributed by atoms with Crippen molar-refractivity contribution < 1.29 is 9.53 Å². The lowest BCUT2D eigenvalue weighted by Crippen LogP contribution is -2.42. The lowest BCUT2D eigenvalue weighted by Gasteiger charge is -2.34. The number of fused-ring (bicyclic) bond motifs is 1. The molecule has 0 saturated heterocycles. The first-order valence-corrected chi connectivity index (χ1v) is 7.79. The standard InChI is InChI=1S/C17H21N3O2/c1-2-6-15-17-14(18-12-19-17)9-10-20(15)16(21)11-22-13-7-4-3-5-8-13/h3-5,7-8,12,15H,2,6,9-11H2,1H3,(H,18,19). The average molecular weight is 299 g/mol. The number of benzene rings is 1. The van der Waals surface area contributed by atoms with Crippen molar-refractivity contribution in [3.05, 3.63) is 48.0 Å². The minimum absolute atomic E-state index is 0.0240. The number of nitrogens with zero attached hydrogens (tertiary/aromatic N) is 2. The van der Waals surface area contributed by atoms with Crippen LogP contribution in [0.1, 0.15) is 37.2 Å². The van der Waals surface area contributed by atoms with Crippen LogP contribution in [0.5, 0.6) is 5.75 Å². The second-order valence-electron chi connectivity index (χ2n) is 5.51. The number of ether oxygens (including phenoxy) is 1. The molecule has 1 N–H and O–H groups in total. The van der Waals surface area contributed by atoms with Crippen LogP contribution in [0.4, 0.5) is 0 Å². The molecule has 1 aromatic heterocycles. The van der Waals surface area contributed by atoms with Crippen LogP contribution < -0.4 is 4.74 Å². The summed E-state index contributed by atoms with van der Waals surface area (Å²) in [5.41, 5.74) is 2.17. The van der Waals surface area contributed by atoms with E-state index < -0.39 is 0 Å². The normalized spacial score (nSPS) is 17.1. The molecule has 0 radical (unpaired) electrons. The van der Waals surface area contributed by atoms with Crippen molar-refractivity contribution >= 4 is 5.91 Å². The van der Waals surface area contributed by atoms with Crippen molar-refractivity contribution in [2.24, 2.45) is 0 Å². The molecule has 0 aliphatic carbocycles. The van der Waals surface area contributed by atoms with Crippen LogP contribution in [-0.2, 0) is 11.2 Å². The molecule has 1 unspecified atom stereocenters. The third-order valence-corrected chi connectivity index (χ3v) is 4.03. The molecular weight excluding hydrogens is 278 g/mol. The Morgan fingerprint density at radius 3 is 3.00 bits per heavy atom. The number of aromatic amines is 1. The highest BCUT2D eigenvalue weighted by Crippen LogP contribution is 2.31. The van der Waals surface area contributed by atoms with E-state index in [9.17, 15) is 4.79 Å². The fourth-order valence-corrected chi connectivity index (χ4v) is 2.96. The van der Waals surface area contributed by atoms with Crippen molar-refractivity contribution in [1.82, 2.24) is 14.9 Å². The summed E-state index contributed by atoms with van der Waals surface area (Å²) in [5.74, 6) is 0.747. The first-order chi connectivity index (χ1) is 10.8. The summed E-state index contributed by atoms with van der Waals surface area (Å²) in [6.45, 7) is 2.92. The summed E-state index contributed by atoms with van der Waals surface area (Å²) in [4.78, 5) is 22.1.